The maximum atomic E-state index is 5.44. The molecule has 1 saturated heterocycles. The van der Waals surface area contributed by atoms with Gasteiger partial charge in [0, 0.05) is 6.04 Å². The van der Waals surface area contributed by atoms with E-state index in [1.54, 1.807) is 7.11 Å². The number of imidazole rings is 1. The van der Waals surface area contributed by atoms with Crippen molar-refractivity contribution in [3.63, 3.8) is 0 Å². The number of piperidine rings is 1. The molecule has 18 heavy (non-hydrogen) atoms. The molecule has 0 atom stereocenters. The molecule has 0 amide bonds. The molecule has 0 unspecified atom stereocenters. The van der Waals surface area contributed by atoms with Gasteiger partial charge in [0.2, 0.25) is 0 Å². The summed E-state index contributed by atoms with van der Waals surface area (Å²) >= 11 is 0. The van der Waals surface area contributed by atoms with Gasteiger partial charge in [0.1, 0.15) is 11.3 Å². The molecule has 5 heteroatoms. The zero-order valence-corrected chi connectivity index (χ0v) is 11.2. The Morgan fingerprint density at radius 2 is 2.11 bits per heavy atom. The van der Waals surface area contributed by atoms with Crippen LogP contribution in [0.5, 0.6) is 5.75 Å². The summed E-state index contributed by atoms with van der Waals surface area (Å²) in [7, 11) is 1.72. The molecule has 1 aliphatic heterocycles. The zero-order chi connectivity index (χ0) is 11.7. The van der Waals surface area contributed by atoms with E-state index >= 15 is 0 Å². The Hall–Kier alpha value is -1.26. The van der Waals surface area contributed by atoms with Crippen LogP contribution in [0, 0.1) is 0 Å². The van der Waals surface area contributed by atoms with Gasteiger partial charge in [-0.3, -0.25) is 0 Å². The van der Waals surface area contributed by atoms with E-state index in [9.17, 15) is 0 Å². The van der Waals surface area contributed by atoms with Gasteiger partial charge in [-0.15, -0.1) is 12.4 Å². The van der Waals surface area contributed by atoms with Crippen LogP contribution in [0.3, 0.4) is 0 Å². The lowest BCUT2D eigenvalue weighted by molar-refractivity contribution is 0.368. The fraction of sp³-hybridized carbons (Fsp3) is 0.462. The van der Waals surface area contributed by atoms with Crippen molar-refractivity contribution < 1.29 is 4.74 Å². The highest BCUT2D eigenvalue weighted by Crippen LogP contribution is 2.30. The first kappa shape index (κ1) is 13.2. The number of halogens is 1. The van der Waals surface area contributed by atoms with Crippen LogP contribution in [0.4, 0.5) is 0 Å². The Morgan fingerprint density at radius 3 is 2.83 bits per heavy atom. The molecule has 0 saturated carbocycles. The maximum absolute atomic E-state index is 5.44. The standard InChI is InChI=1S/C13H17N3O.ClH/c1-17-12-4-2-3-11-13(12)16(9-15-11)10-5-7-14-8-6-10;/h2-4,9-10,14H,5-8H2,1H3;1H. The molecular formula is C13H18ClN3O. The molecule has 0 bridgehead atoms. The van der Waals surface area contributed by atoms with Crippen molar-refractivity contribution >= 4 is 23.4 Å². The monoisotopic (exact) mass is 267 g/mol. The second-order valence-electron chi connectivity index (χ2n) is 4.46. The van der Waals surface area contributed by atoms with Crippen molar-refractivity contribution in [2.45, 2.75) is 18.9 Å². The molecule has 1 fully saturated rings. The molecule has 1 aliphatic rings. The lowest BCUT2D eigenvalue weighted by Crippen LogP contribution is -2.29. The van der Waals surface area contributed by atoms with Crippen molar-refractivity contribution in [2.75, 3.05) is 20.2 Å². The van der Waals surface area contributed by atoms with Crippen LogP contribution in [-0.2, 0) is 0 Å². The van der Waals surface area contributed by atoms with Gasteiger partial charge in [-0.2, -0.15) is 0 Å². The van der Waals surface area contributed by atoms with Gasteiger partial charge in [0.05, 0.1) is 19.0 Å². The summed E-state index contributed by atoms with van der Waals surface area (Å²) in [5.74, 6) is 0.915. The van der Waals surface area contributed by atoms with Crippen LogP contribution >= 0.6 is 12.4 Å². The lowest BCUT2D eigenvalue weighted by atomic mass is 10.1. The summed E-state index contributed by atoms with van der Waals surface area (Å²) in [6, 6.07) is 6.57. The van der Waals surface area contributed by atoms with Crippen molar-refractivity contribution in [3.8, 4) is 5.75 Å². The quantitative estimate of drug-likeness (QED) is 0.908. The normalized spacial score (nSPS) is 16.5. The Balaban J connectivity index is 0.00000120. The minimum atomic E-state index is 0. The third-order valence-electron chi connectivity index (χ3n) is 3.48. The number of hydrogen-bond acceptors (Lipinski definition) is 3. The molecular weight excluding hydrogens is 250 g/mol. The maximum Gasteiger partial charge on any atom is 0.144 e. The second kappa shape index (κ2) is 5.59. The number of benzene rings is 1. The zero-order valence-electron chi connectivity index (χ0n) is 10.4. The van der Waals surface area contributed by atoms with Crippen LogP contribution in [0.15, 0.2) is 24.5 Å². The smallest absolute Gasteiger partial charge is 0.144 e. The highest BCUT2D eigenvalue weighted by Gasteiger charge is 2.18. The van der Waals surface area contributed by atoms with Gasteiger partial charge < -0.3 is 14.6 Å². The number of nitrogens with one attached hydrogen (secondary N) is 1. The fourth-order valence-electron chi connectivity index (χ4n) is 2.58. The SMILES string of the molecule is COc1cccc2ncn(C3CCNCC3)c12.Cl. The topological polar surface area (TPSA) is 39.1 Å². The summed E-state index contributed by atoms with van der Waals surface area (Å²) in [5, 5.41) is 3.39. The van der Waals surface area contributed by atoms with E-state index in [4.69, 9.17) is 4.74 Å². The van der Waals surface area contributed by atoms with Crippen LogP contribution in [0.1, 0.15) is 18.9 Å². The molecule has 98 valence electrons. The van der Waals surface area contributed by atoms with Crippen molar-refractivity contribution in [1.82, 2.24) is 14.9 Å². The molecule has 0 spiro atoms. The second-order valence-corrected chi connectivity index (χ2v) is 4.46. The molecule has 2 aromatic rings. The lowest BCUT2D eigenvalue weighted by Gasteiger charge is -2.24. The minimum Gasteiger partial charge on any atom is -0.494 e. The van der Waals surface area contributed by atoms with E-state index in [1.165, 1.54) is 0 Å². The van der Waals surface area contributed by atoms with Gasteiger partial charge >= 0.3 is 0 Å². The van der Waals surface area contributed by atoms with Crippen LogP contribution in [-0.4, -0.2) is 29.8 Å². The average molecular weight is 268 g/mol. The fourth-order valence-corrected chi connectivity index (χ4v) is 2.58. The molecule has 0 radical (unpaired) electrons. The number of rotatable bonds is 2. The van der Waals surface area contributed by atoms with Crippen LogP contribution < -0.4 is 10.1 Å². The molecule has 0 aliphatic carbocycles. The van der Waals surface area contributed by atoms with E-state index < -0.39 is 0 Å². The van der Waals surface area contributed by atoms with Crippen LogP contribution in [0.25, 0.3) is 11.0 Å². The van der Waals surface area contributed by atoms with Gasteiger partial charge in [-0.1, -0.05) is 6.07 Å². The molecule has 1 N–H and O–H groups in total. The number of aromatic nitrogens is 2. The van der Waals surface area contributed by atoms with E-state index in [1.807, 2.05) is 24.5 Å². The first-order chi connectivity index (χ1) is 8.40. The van der Waals surface area contributed by atoms with Crippen molar-refractivity contribution in [1.29, 1.82) is 0 Å². The third kappa shape index (κ3) is 2.18. The minimum absolute atomic E-state index is 0. The molecule has 1 aromatic heterocycles. The van der Waals surface area contributed by atoms with E-state index in [2.05, 4.69) is 14.9 Å². The summed E-state index contributed by atoms with van der Waals surface area (Å²) in [4.78, 5) is 4.47. The Labute approximate surface area is 113 Å². The van der Waals surface area contributed by atoms with Gasteiger partial charge in [0.25, 0.3) is 0 Å². The first-order valence-electron chi connectivity index (χ1n) is 6.10. The first-order valence-corrected chi connectivity index (χ1v) is 6.10. The number of nitrogens with zero attached hydrogens (tertiary/aromatic N) is 2. The number of fused-ring (bicyclic) bond motifs is 1. The molecule has 1 aromatic carbocycles. The van der Waals surface area contributed by atoms with Gasteiger partial charge in [-0.05, 0) is 38.1 Å². The average Bonchev–Trinajstić information content (AvgIpc) is 2.83. The Morgan fingerprint density at radius 1 is 1.33 bits per heavy atom. The number of hydrogen-bond donors (Lipinski definition) is 1. The molecule has 4 nitrogen and oxygen atoms in total. The summed E-state index contributed by atoms with van der Waals surface area (Å²) in [6.07, 6.45) is 4.26. The predicted octanol–water partition coefficient (Wildman–Crippen LogP) is 2.39. The van der Waals surface area contributed by atoms with Crippen LogP contribution in [0.2, 0.25) is 0 Å². The predicted molar refractivity (Wildman–Crippen MR) is 74.7 cm³/mol. The highest BCUT2D eigenvalue weighted by atomic mass is 35.5. The van der Waals surface area contributed by atoms with Crippen molar-refractivity contribution in [2.24, 2.45) is 0 Å². The summed E-state index contributed by atoms with van der Waals surface area (Å²) < 4.78 is 7.71. The summed E-state index contributed by atoms with van der Waals surface area (Å²) in [5.41, 5.74) is 2.14. The van der Waals surface area contributed by atoms with E-state index in [0.29, 0.717) is 6.04 Å². The van der Waals surface area contributed by atoms with Gasteiger partial charge in [0.15, 0.2) is 0 Å². The molecule has 2 heterocycles. The summed E-state index contributed by atoms with van der Waals surface area (Å²) in [6.45, 7) is 2.17. The number of methoxy groups -OCH3 is 1. The third-order valence-corrected chi connectivity index (χ3v) is 3.48. The van der Waals surface area contributed by atoms with E-state index in [-0.39, 0.29) is 12.4 Å². The Bertz CT molecular complexity index is 520. The number of ether oxygens (including phenoxy) is 1. The highest BCUT2D eigenvalue weighted by molar-refractivity contribution is 5.85. The molecule has 3 rings (SSSR count). The largest absolute Gasteiger partial charge is 0.494 e. The van der Waals surface area contributed by atoms with Gasteiger partial charge in [-0.25, -0.2) is 4.98 Å². The van der Waals surface area contributed by atoms with Crippen molar-refractivity contribution in [3.05, 3.63) is 24.5 Å². The Kier molecular flexibility index (Phi) is 4.09. The number of para-hydroxylation sites is 1. The van der Waals surface area contributed by atoms with E-state index in [0.717, 1.165) is 42.7 Å².